The quantitative estimate of drug-likeness (QED) is 0.618. The Morgan fingerprint density at radius 2 is 1.72 bits per heavy atom. The fourth-order valence-corrected chi connectivity index (χ4v) is 1.66. The van der Waals surface area contributed by atoms with E-state index in [0.717, 1.165) is 0 Å². The summed E-state index contributed by atoms with van der Waals surface area (Å²) in [6.07, 6.45) is -2.06. The van der Waals surface area contributed by atoms with Gasteiger partial charge in [0.15, 0.2) is 29.3 Å². The second-order valence-electron chi connectivity index (χ2n) is 3.78. The highest BCUT2D eigenvalue weighted by atomic mass is 19.2. The number of ketones is 1. The standard InChI is InChI=1S/C11H8F4O3/c1-17-10-6(16)3-7(10)18-11-8(14)4(12)2-5(13)9(11)15/h2,7,10H,3H2,1H3. The number of hydrogen-bond acceptors (Lipinski definition) is 3. The second-order valence-corrected chi connectivity index (χ2v) is 3.78. The minimum Gasteiger partial charge on any atom is -0.480 e. The number of carbonyl (C=O) groups excluding carboxylic acids is 1. The van der Waals surface area contributed by atoms with Crippen LogP contribution in [-0.2, 0) is 9.53 Å². The van der Waals surface area contributed by atoms with Crippen LogP contribution in [0.2, 0.25) is 0 Å². The van der Waals surface area contributed by atoms with Crippen LogP contribution in [-0.4, -0.2) is 25.1 Å². The lowest BCUT2D eigenvalue weighted by Crippen LogP contribution is -2.51. The Kier molecular flexibility index (Phi) is 3.25. The summed E-state index contributed by atoms with van der Waals surface area (Å²) >= 11 is 0. The minimum atomic E-state index is -1.64. The van der Waals surface area contributed by atoms with Gasteiger partial charge in [-0.05, 0) is 0 Å². The molecule has 0 N–H and O–H groups in total. The van der Waals surface area contributed by atoms with Crippen LogP contribution < -0.4 is 4.74 Å². The topological polar surface area (TPSA) is 35.5 Å². The molecule has 98 valence electrons. The first kappa shape index (κ1) is 12.8. The zero-order chi connectivity index (χ0) is 13.4. The van der Waals surface area contributed by atoms with Crippen LogP contribution in [0.25, 0.3) is 0 Å². The number of benzene rings is 1. The number of rotatable bonds is 3. The van der Waals surface area contributed by atoms with E-state index in [9.17, 15) is 22.4 Å². The van der Waals surface area contributed by atoms with Crippen molar-refractivity contribution in [3.8, 4) is 5.75 Å². The van der Waals surface area contributed by atoms with E-state index in [-0.39, 0.29) is 18.3 Å². The lowest BCUT2D eigenvalue weighted by Gasteiger charge is -2.33. The second kappa shape index (κ2) is 4.56. The third-order valence-corrected chi connectivity index (χ3v) is 2.65. The molecule has 1 aromatic rings. The molecule has 3 nitrogen and oxygen atoms in total. The molecular formula is C11H8F4O3. The highest BCUT2D eigenvalue weighted by Gasteiger charge is 2.43. The van der Waals surface area contributed by atoms with Crippen molar-refractivity contribution in [2.24, 2.45) is 0 Å². The van der Waals surface area contributed by atoms with Crippen LogP contribution in [0.4, 0.5) is 17.6 Å². The molecule has 0 saturated heterocycles. The minimum absolute atomic E-state index is 0.0806. The highest BCUT2D eigenvalue weighted by Crippen LogP contribution is 2.31. The molecule has 1 fully saturated rings. The molecule has 1 aromatic carbocycles. The van der Waals surface area contributed by atoms with Crippen LogP contribution in [0, 0.1) is 23.3 Å². The van der Waals surface area contributed by atoms with Crippen molar-refractivity contribution >= 4 is 5.78 Å². The zero-order valence-corrected chi connectivity index (χ0v) is 9.18. The lowest BCUT2D eigenvalue weighted by molar-refractivity contribution is -0.151. The smallest absolute Gasteiger partial charge is 0.203 e. The zero-order valence-electron chi connectivity index (χ0n) is 9.18. The Balaban J connectivity index is 2.27. The Hall–Kier alpha value is -1.63. The van der Waals surface area contributed by atoms with Gasteiger partial charge in [0, 0.05) is 19.6 Å². The predicted octanol–water partition coefficient (Wildman–Crippen LogP) is 1.98. The number of hydrogen-bond donors (Lipinski definition) is 0. The molecule has 0 heterocycles. The predicted molar refractivity (Wildman–Crippen MR) is 51.1 cm³/mol. The van der Waals surface area contributed by atoms with E-state index in [1.807, 2.05) is 0 Å². The van der Waals surface area contributed by atoms with Gasteiger partial charge in [-0.25, -0.2) is 8.78 Å². The first-order chi connectivity index (χ1) is 8.45. The number of halogens is 4. The van der Waals surface area contributed by atoms with Crippen molar-refractivity contribution in [3.63, 3.8) is 0 Å². The van der Waals surface area contributed by atoms with E-state index in [0.29, 0.717) is 0 Å². The summed E-state index contributed by atoms with van der Waals surface area (Å²) in [6.45, 7) is 0. The van der Waals surface area contributed by atoms with Crippen molar-refractivity contribution < 1.29 is 31.8 Å². The van der Waals surface area contributed by atoms with Crippen molar-refractivity contribution in [3.05, 3.63) is 29.3 Å². The van der Waals surface area contributed by atoms with Gasteiger partial charge >= 0.3 is 0 Å². The van der Waals surface area contributed by atoms with E-state index in [1.54, 1.807) is 0 Å². The monoisotopic (exact) mass is 264 g/mol. The number of carbonyl (C=O) groups is 1. The third-order valence-electron chi connectivity index (χ3n) is 2.65. The number of Topliss-reactive ketones (excluding diaryl/α,β-unsaturated/α-hetero) is 1. The molecule has 2 rings (SSSR count). The van der Waals surface area contributed by atoms with E-state index in [1.165, 1.54) is 7.11 Å². The van der Waals surface area contributed by atoms with Crippen LogP contribution in [0.3, 0.4) is 0 Å². The molecule has 2 unspecified atom stereocenters. The van der Waals surface area contributed by atoms with E-state index >= 15 is 0 Å². The summed E-state index contributed by atoms with van der Waals surface area (Å²) in [6, 6.07) is 0.0806. The van der Waals surface area contributed by atoms with Crippen LogP contribution in [0.5, 0.6) is 5.75 Å². The van der Waals surface area contributed by atoms with Crippen molar-refractivity contribution in [1.82, 2.24) is 0 Å². The van der Waals surface area contributed by atoms with E-state index in [4.69, 9.17) is 9.47 Å². The maximum atomic E-state index is 13.3. The largest absolute Gasteiger partial charge is 0.480 e. The molecule has 1 aliphatic rings. The first-order valence-corrected chi connectivity index (χ1v) is 5.00. The van der Waals surface area contributed by atoms with Gasteiger partial charge in [-0.3, -0.25) is 4.79 Å². The summed E-state index contributed by atoms with van der Waals surface area (Å²) in [5.41, 5.74) is 0. The van der Waals surface area contributed by atoms with Crippen molar-refractivity contribution in [2.75, 3.05) is 7.11 Å². The van der Waals surface area contributed by atoms with Crippen molar-refractivity contribution in [2.45, 2.75) is 18.6 Å². The summed E-state index contributed by atoms with van der Waals surface area (Å²) in [5, 5.41) is 0. The molecule has 7 heteroatoms. The fraction of sp³-hybridized carbons (Fsp3) is 0.364. The third kappa shape index (κ3) is 1.94. The van der Waals surface area contributed by atoms with Gasteiger partial charge in [-0.1, -0.05) is 0 Å². The molecule has 1 saturated carbocycles. The maximum absolute atomic E-state index is 13.3. The maximum Gasteiger partial charge on any atom is 0.203 e. The first-order valence-electron chi connectivity index (χ1n) is 5.00. The van der Waals surface area contributed by atoms with Gasteiger partial charge < -0.3 is 9.47 Å². The highest BCUT2D eigenvalue weighted by molar-refractivity contribution is 5.90. The molecule has 2 atom stereocenters. The molecule has 0 radical (unpaired) electrons. The average molecular weight is 264 g/mol. The van der Waals surface area contributed by atoms with Crippen LogP contribution in [0.1, 0.15) is 6.42 Å². The fourth-order valence-electron chi connectivity index (χ4n) is 1.66. The number of methoxy groups -OCH3 is 1. The number of ether oxygens (including phenoxy) is 2. The van der Waals surface area contributed by atoms with Gasteiger partial charge in [-0.2, -0.15) is 8.78 Å². The average Bonchev–Trinajstić information content (AvgIpc) is 2.31. The van der Waals surface area contributed by atoms with Gasteiger partial charge in [0.2, 0.25) is 11.6 Å². The lowest BCUT2D eigenvalue weighted by atomic mass is 9.90. The van der Waals surface area contributed by atoms with Gasteiger partial charge in [-0.15, -0.1) is 0 Å². The Morgan fingerprint density at radius 3 is 2.17 bits per heavy atom. The Bertz CT molecular complexity index is 477. The molecule has 0 aromatic heterocycles. The molecule has 1 aliphatic carbocycles. The van der Waals surface area contributed by atoms with Crippen LogP contribution >= 0.6 is 0 Å². The Morgan fingerprint density at radius 1 is 1.17 bits per heavy atom. The van der Waals surface area contributed by atoms with Gasteiger partial charge in [0.05, 0.1) is 0 Å². The van der Waals surface area contributed by atoms with Crippen LogP contribution in [0.15, 0.2) is 6.07 Å². The van der Waals surface area contributed by atoms with Gasteiger partial charge in [0.1, 0.15) is 6.10 Å². The van der Waals surface area contributed by atoms with E-state index < -0.39 is 41.2 Å². The summed E-state index contributed by atoms with van der Waals surface area (Å²) in [7, 11) is 1.22. The normalized spacial score (nSPS) is 22.8. The molecule has 0 spiro atoms. The Labute approximate surface area is 99.3 Å². The molecule has 0 aliphatic heterocycles. The summed E-state index contributed by atoms with van der Waals surface area (Å²) in [4.78, 5) is 11.0. The molecular weight excluding hydrogens is 256 g/mol. The van der Waals surface area contributed by atoms with E-state index in [2.05, 4.69) is 0 Å². The van der Waals surface area contributed by atoms with Gasteiger partial charge in [0.25, 0.3) is 0 Å². The molecule has 0 bridgehead atoms. The summed E-state index contributed by atoms with van der Waals surface area (Å²) < 4.78 is 61.8. The van der Waals surface area contributed by atoms with Crippen molar-refractivity contribution in [1.29, 1.82) is 0 Å². The molecule has 18 heavy (non-hydrogen) atoms. The summed E-state index contributed by atoms with van der Waals surface area (Å²) in [5.74, 6) is -7.88. The SMILES string of the molecule is COC1C(=O)CC1Oc1c(F)c(F)cc(F)c1F. The molecule has 0 amide bonds.